The highest BCUT2D eigenvalue weighted by Crippen LogP contribution is 2.23. The van der Waals surface area contributed by atoms with Crippen molar-refractivity contribution >= 4 is 16.8 Å². The average Bonchev–Trinajstić information content (AvgIpc) is 2.75. The summed E-state index contributed by atoms with van der Waals surface area (Å²) < 4.78 is 0. The van der Waals surface area contributed by atoms with Gasteiger partial charge in [-0.2, -0.15) is 0 Å². The van der Waals surface area contributed by atoms with E-state index in [1.807, 2.05) is 25.1 Å². The smallest absolute Gasteiger partial charge is 0.223 e. The number of rotatable bonds is 2. The number of pyridine rings is 1. The Morgan fingerprint density at radius 1 is 1.39 bits per heavy atom. The van der Waals surface area contributed by atoms with Crippen molar-refractivity contribution < 1.29 is 4.79 Å². The number of benzene rings is 1. The van der Waals surface area contributed by atoms with Gasteiger partial charge in [-0.3, -0.25) is 9.78 Å². The van der Waals surface area contributed by atoms with Crippen molar-refractivity contribution in [2.24, 2.45) is 5.92 Å². The Balaban J connectivity index is 2.02. The predicted molar refractivity (Wildman–Crippen MR) is 71.3 cm³/mol. The molecule has 0 spiro atoms. The van der Waals surface area contributed by atoms with Crippen molar-refractivity contribution in [1.82, 2.24) is 10.3 Å². The molecule has 1 aromatic heterocycles. The molecule has 0 aliphatic carbocycles. The van der Waals surface area contributed by atoms with Gasteiger partial charge < -0.3 is 5.32 Å². The molecule has 3 rings (SSSR count). The highest BCUT2D eigenvalue weighted by Gasteiger charge is 2.24. The first-order valence-corrected chi connectivity index (χ1v) is 6.37. The molecular formula is C15H16N2O. The van der Waals surface area contributed by atoms with E-state index in [0.29, 0.717) is 0 Å². The minimum atomic E-state index is 0.121. The third-order valence-corrected chi connectivity index (χ3v) is 3.56. The number of hydrogen-bond acceptors (Lipinski definition) is 2. The molecule has 0 radical (unpaired) electrons. The number of carbonyl (C=O) groups excluding carboxylic acids is 1. The monoisotopic (exact) mass is 240 g/mol. The predicted octanol–water partition coefficient (Wildman–Crippen LogP) is 2.22. The zero-order valence-electron chi connectivity index (χ0n) is 10.4. The summed E-state index contributed by atoms with van der Waals surface area (Å²) in [7, 11) is 0. The summed E-state index contributed by atoms with van der Waals surface area (Å²) in [5.41, 5.74) is 3.27. The first-order chi connectivity index (χ1) is 8.74. The van der Waals surface area contributed by atoms with E-state index in [4.69, 9.17) is 0 Å². The molecule has 92 valence electrons. The van der Waals surface area contributed by atoms with E-state index in [2.05, 4.69) is 22.4 Å². The number of nitrogens with one attached hydrogen (secondary N) is 1. The van der Waals surface area contributed by atoms with Gasteiger partial charge in [0.05, 0.1) is 5.52 Å². The van der Waals surface area contributed by atoms with Crippen LogP contribution < -0.4 is 5.32 Å². The number of aromatic nitrogens is 1. The van der Waals surface area contributed by atoms with Gasteiger partial charge in [-0.25, -0.2) is 0 Å². The standard InChI is InChI=1S/C15H16N2O/c1-10-8-12(9-11-6-7-16-15(11)18)13-4-2-3-5-14(13)17-10/h2-5,8,11H,6-7,9H2,1H3,(H,16,18). The largest absolute Gasteiger partial charge is 0.356 e. The summed E-state index contributed by atoms with van der Waals surface area (Å²) in [6.45, 7) is 2.82. The lowest BCUT2D eigenvalue weighted by Crippen LogP contribution is -2.20. The van der Waals surface area contributed by atoms with Gasteiger partial charge in [-0.1, -0.05) is 18.2 Å². The van der Waals surface area contributed by atoms with Gasteiger partial charge in [-0.15, -0.1) is 0 Å². The molecule has 0 saturated carbocycles. The molecule has 1 N–H and O–H groups in total. The van der Waals surface area contributed by atoms with Gasteiger partial charge >= 0.3 is 0 Å². The lowest BCUT2D eigenvalue weighted by molar-refractivity contribution is -0.122. The molecule has 1 unspecified atom stereocenters. The summed E-state index contributed by atoms with van der Waals surface area (Å²) in [6.07, 6.45) is 1.75. The summed E-state index contributed by atoms with van der Waals surface area (Å²) in [4.78, 5) is 16.2. The van der Waals surface area contributed by atoms with E-state index >= 15 is 0 Å². The molecule has 1 saturated heterocycles. The topological polar surface area (TPSA) is 42.0 Å². The fourth-order valence-electron chi connectivity index (χ4n) is 2.67. The molecule has 0 bridgehead atoms. The normalized spacial score (nSPS) is 19.2. The Morgan fingerprint density at radius 3 is 3.00 bits per heavy atom. The van der Waals surface area contributed by atoms with Crippen LogP contribution in [0.25, 0.3) is 10.9 Å². The third kappa shape index (κ3) is 1.96. The van der Waals surface area contributed by atoms with Crippen LogP contribution in [0.1, 0.15) is 17.7 Å². The van der Waals surface area contributed by atoms with Crippen LogP contribution in [0.3, 0.4) is 0 Å². The fourth-order valence-corrected chi connectivity index (χ4v) is 2.67. The third-order valence-electron chi connectivity index (χ3n) is 3.56. The molecule has 1 aromatic carbocycles. The Bertz CT molecular complexity index is 606. The molecule has 1 aliphatic rings. The highest BCUT2D eigenvalue weighted by atomic mass is 16.2. The van der Waals surface area contributed by atoms with E-state index in [1.54, 1.807) is 0 Å². The minimum absolute atomic E-state index is 0.121. The number of para-hydroxylation sites is 1. The van der Waals surface area contributed by atoms with E-state index < -0.39 is 0 Å². The molecule has 1 amide bonds. The quantitative estimate of drug-likeness (QED) is 0.874. The van der Waals surface area contributed by atoms with E-state index in [9.17, 15) is 4.79 Å². The maximum atomic E-state index is 11.7. The summed E-state index contributed by atoms with van der Waals surface area (Å²) in [6, 6.07) is 10.2. The number of amides is 1. The van der Waals surface area contributed by atoms with Crippen LogP contribution in [-0.2, 0) is 11.2 Å². The Hall–Kier alpha value is -1.90. The lowest BCUT2D eigenvalue weighted by Gasteiger charge is -2.10. The lowest BCUT2D eigenvalue weighted by atomic mass is 9.95. The first kappa shape index (κ1) is 11.2. The number of fused-ring (bicyclic) bond motifs is 1. The van der Waals surface area contributed by atoms with Crippen molar-refractivity contribution in [3.8, 4) is 0 Å². The second kappa shape index (κ2) is 4.41. The second-order valence-electron chi connectivity index (χ2n) is 4.92. The van der Waals surface area contributed by atoms with Crippen LogP contribution in [-0.4, -0.2) is 17.4 Å². The van der Waals surface area contributed by atoms with E-state index in [-0.39, 0.29) is 11.8 Å². The van der Waals surface area contributed by atoms with Gasteiger partial charge in [0.15, 0.2) is 0 Å². The summed E-state index contributed by atoms with van der Waals surface area (Å²) >= 11 is 0. The highest BCUT2D eigenvalue weighted by molar-refractivity contribution is 5.85. The van der Waals surface area contributed by atoms with E-state index in [1.165, 1.54) is 10.9 Å². The number of carbonyl (C=O) groups is 1. The van der Waals surface area contributed by atoms with Gasteiger partial charge in [0, 0.05) is 23.5 Å². The van der Waals surface area contributed by atoms with Gasteiger partial charge in [-0.05, 0) is 37.5 Å². The van der Waals surface area contributed by atoms with Gasteiger partial charge in [0.25, 0.3) is 0 Å². The maximum absolute atomic E-state index is 11.7. The molecule has 18 heavy (non-hydrogen) atoms. The van der Waals surface area contributed by atoms with E-state index in [0.717, 1.165) is 30.6 Å². The van der Waals surface area contributed by atoms with Crippen molar-refractivity contribution in [2.45, 2.75) is 19.8 Å². The molecule has 2 heterocycles. The van der Waals surface area contributed by atoms with Crippen LogP contribution >= 0.6 is 0 Å². The summed E-state index contributed by atoms with van der Waals surface area (Å²) in [5.74, 6) is 0.309. The molecular weight excluding hydrogens is 224 g/mol. The van der Waals surface area contributed by atoms with Crippen LogP contribution in [0.4, 0.5) is 0 Å². The molecule has 2 aromatic rings. The zero-order valence-corrected chi connectivity index (χ0v) is 10.4. The van der Waals surface area contributed by atoms with Crippen LogP contribution in [0.5, 0.6) is 0 Å². The van der Waals surface area contributed by atoms with Crippen LogP contribution in [0.15, 0.2) is 30.3 Å². The number of hydrogen-bond donors (Lipinski definition) is 1. The summed E-state index contributed by atoms with van der Waals surface area (Å²) in [5, 5.41) is 4.07. The van der Waals surface area contributed by atoms with Gasteiger partial charge in [0.1, 0.15) is 0 Å². The maximum Gasteiger partial charge on any atom is 0.223 e. The molecule has 1 atom stereocenters. The van der Waals surface area contributed by atoms with Crippen molar-refractivity contribution in [3.05, 3.63) is 41.6 Å². The molecule has 3 nitrogen and oxygen atoms in total. The number of aryl methyl sites for hydroxylation is 1. The van der Waals surface area contributed by atoms with Crippen LogP contribution in [0, 0.1) is 12.8 Å². The van der Waals surface area contributed by atoms with Crippen molar-refractivity contribution in [1.29, 1.82) is 0 Å². The first-order valence-electron chi connectivity index (χ1n) is 6.37. The average molecular weight is 240 g/mol. The minimum Gasteiger partial charge on any atom is -0.356 e. The Morgan fingerprint density at radius 2 is 2.22 bits per heavy atom. The second-order valence-corrected chi connectivity index (χ2v) is 4.92. The molecule has 1 aliphatic heterocycles. The Labute approximate surface area is 106 Å². The molecule has 1 fully saturated rings. The van der Waals surface area contributed by atoms with Gasteiger partial charge in [0.2, 0.25) is 5.91 Å². The Kier molecular flexibility index (Phi) is 2.74. The van der Waals surface area contributed by atoms with Crippen LogP contribution in [0.2, 0.25) is 0 Å². The van der Waals surface area contributed by atoms with Crippen molar-refractivity contribution in [3.63, 3.8) is 0 Å². The zero-order chi connectivity index (χ0) is 12.5. The molecule has 3 heteroatoms. The van der Waals surface area contributed by atoms with Crippen molar-refractivity contribution in [2.75, 3.05) is 6.54 Å². The number of nitrogens with zero attached hydrogens (tertiary/aromatic N) is 1. The SMILES string of the molecule is Cc1cc(CC2CCNC2=O)c2ccccc2n1. The fraction of sp³-hybridized carbons (Fsp3) is 0.333.